The zero-order valence-corrected chi connectivity index (χ0v) is 23.2. The van der Waals surface area contributed by atoms with Crippen LogP contribution < -0.4 is 4.90 Å². The number of nitrogens with zero attached hydrogens (tertiary/aromatic N) is 4. The maximum Gasteiger partial charge on any atom is 0.348 e. The van der Waals surface area contributed by atoms with Gasteiger partial charge in [0.15, 0.2) is 0 Å². The van der Waals surface area contributed by atoms with Gasteiger partial charge in [-0.05, 0) is 93.6 Å². The van der Waals surface area contributed by atoms with Gasteiger partial charge in [-0.25, -0.2) is 14.5 Å². The molecule has 1 amide bonds. The fourth-order valence-electron chi connectivity index (χ4n) is 6.36. The van der Waals surface area contributed by atoms with Crippen LogP contribution in [0.2, 0.25) is 0 Å². The minimum Gasteiger partial charge on any atom is -0.477 e. The highest BCUT2D eigenvalue weighted by atomic mass is 32.1. The van der Waals surface area contributed by atoms with Gasteiger partial charge in [0.05, 0.1) is 11.7 Å². The summed E-state index contributed by atoms with van der Waals surface area (Å²) >= 11 is 1.35. The number of thiophene rings is 1. The van der Waals surface area contributed by atoms with Crippen LogP contribution in [0, 0.1) is 17.3 Å². The van der Waals surface area contributed by atoms with Gasteiger partial charge in [-0.2, -0.15) is 5.10 Å². The fourth-order valence-corrected chi connectivity index (χ4v) is 7.41. The number of hydrogen-bond acceptors (Lipinski definition) is 5. The molecule has 0 aliphatic heterocycles. The lowest BCUT2D eigenvalue weighted by Crippen LogP contribution is -2.46. The molecule has 2 aromatic rings. The summed E-state index contributed by atoms with van der Waals surface area (Å²) in [6.45, 7) is 6.82. The summed E-state index contributed by atoms with van der Waals surface area (Å²) in [5.74, 6) is -0.180. The highest BCUT2D eigenvalue weighted by Crippen LogP contribution is 2.45. The Kier molecular flexibility index (Phi) is 7.57. The minimum absolute atomic E-state index is 0.00596. The molecule has 0 atom stereocenters. The van der Waals surface area contributed by atoms with E-state index in [1.54, 1.807) is 12.7 Å². The summed E-state index contributed by atoms with van der Waals surface area (Å²) < 4.78 is 1.92. The monoisotopic (exact) mass is 524 g/mol. The van der Waals surface area contributed by atoms with E-state index in [0.29, 0.717) is 16.5 Å². The third kappa shape index (κ3) is 5.69. The van der Waals surface area contributed by atoms with Crippen LogP contribution in [0.5, 0.6) is 0 Å². The molecule has 2 fully saturated rings. The molecule has 3 aliphatic carbocycles. The Morgan fingerprint density at radius 3 is 2.43 bits per heavy atom. The summed E-state index contributed by atoms with van der Waals surface area (Å²) in [7, 11) is 0. The Morgan fingerprint density at radius 1 is 1.11 bits per heavy atom. The molecule has 3 aliphatic rings. The van der Waals surface area contributed by atoms with Gasteiger partial charge < -0.3 is 10.0 Å². The number of hydrogen-bond donors (Lipinski definition) is 1. The first-order valence-corrected chi connectivity index (χ1v) is 14.8. The Bertz CT molecular complexity index is 1140. The van der Waals surface area contributed by atoms with E-state index in [2.05, 4.69) is 36.9 Å². The molecular formula is C29H40N4O3S. The van der Waals surface area contributed by atoms with Crippen LogP contribution in [-0.4, -0.2) is 37.8 Å². The number of allylic oxidation sites excluding steroid dienone is 2. The van der Waals surface area contributed by atoms with Crippen LogP contribution >= 0.6 is 11.3 Å². The second-order valence-corrected chi connectivity index (χ2v) is 13.3. The van der Waals surface area contributed by atoms with Gasteiger partial charge in [0, 0.05) is 16.8 Å². The van der Waals surface area contributed by atoms with Crippen molar-refractivity contribution in [1.29, 1.82) is 0 Å². The normalized spacial score (nSPS) is 27.9. The number of carbonyl (C=O) groups excluding carboxylic acids is 1. The van der Waals surface area contributed by atoms with E-state index in [9.17, 15) is 14.7 Å². The summed E-state index contributed by atoms with van der Waals surface area (Å²) in [4.78, 5) is 34.0. The minimum atomic E-state index is -0.936. The van der Waals surface area contributed by atoms with Crippen molar-refractivity contribution in [1.82, 2.24) is 14.8 Å². The number of carbonyl (C=O) groups is 2. The van der Waals surface area contributed by atoms with Crippen molar-refractivity contribution in [3.63, 3.8) is 0 Å². The van der Waals surface area contributed by atoms with E-state index in [4.69, 9.17) is 0 Å². The van der Waals surface area contributed by atoms with Crippen molar-refractivity contribution in [2.24, 2.45) is 17.3 Å². The van der Waals surface area contributed by atoms with Gasteiger partial charge in [-0.1, -0.05) is 26.8 Å². The Morgan fingerprint density at radius 2 is 1.84 bits per heavy atom. The van der Waals surface area contributed by atoms with Crippen LogP contribution in [0.4, 0.5) is 5.69 Å². The zero-order chi connectivity index (χ0) is 26.2. The molecule has 7 nitrogen and oxygen atoms in total. The van der Waals surface area contributed by atoms with E-state index in [1.807, 2.05) is 15.6 Å². The number of carboxylic acids is 1. The molecule has 2 saturated carbocycles. The maximum atomic E-state index is 14.2. The van der Waals surface area contributed by atoms with E-state index in [0.717, 1.165) is 75.5 Å². The number of aromatic carboxylic acids is 1. The molecule has 0 unspecified atom stereocenters. The molecule has 0 radical (unpaired) electrons. The molecule has 5 rings (SSSR count). The quantitative estimate of drug-likeness (QED) is 0.441. The molecule has 200 valence electrons. The summed E-state index contributed by atoms with van der Waals surface area (Å²) in [6, 6.07) is 2.30. The summed E-state index contributed by atoms with van der Waals surface area (Å²) in [5.41, 5.74) is 2.13. The zero-order valence-electron chi connectivity index (χ0n) is 22.4. The number of carboxylic acid groups (broad SMARTS) is 1. The SMILES string of the molecule is CC1CCC(C(=O)N(c2cc(C3=CCC(C)(C)CC3)sc2C(=O)O)C2CCC(n3cncn3)CC2)CC1. The molecule has 1 N–H and O–H groups in total. The van der Waals surface area contributed by atoms with Crippen molar-refractivity contribution >= 4 is 34.5 Å². The molecule has 8 heteroatoms. The van der Waals surface area contributed by atoms with Gasteiger partial charge >= 0.3 is 5.97 Å². The Labute approximate surface area is 224 Å². The van der Waals surface area contributed by atoms with Crippen LogP contribution in [-0.2, 0) is 4.79 Å². The fraction of sp³-hybridized carbons (Fsp3) is 0.655. The maximum absolute atomic E-state index is 14.2. The molecule has 0 aromatic carbocycles. The number of amides is 1. The molecule has 0 spiro atoms. The second kappa shape index (κ2) is 10.7. The van der Waals surface area contributed by atoms with Gasteiger partial charge in [-0.15, -0.1) is 11.3 Å². The smallest absolute Gasteiger partial charge is 0.348 e. The Hall–Kier alpha value is -2.48. The standard InChI is InChI=1S/C29H40N4O3S/c1-19-4-6-21(7-5-19)27(34)33(23-10-8-22(9-11-23)32-18-30-17-31-32)24-16-25(37-26(24)28(35)36)20-12-14-29(2,3)15-13-20/h12,16-19,21-23H,4-11,13-15H2,1-3H3,(H,35,36). The van der Waals surface area contributed by atoms with Crippen molar-refractivity contribution < 1.29 is 14.7 Å². The second-order valence-electron chi connectivity index (χ2n) is 12.2. The van der Waals surface area contributed by atoms with E-state index in [1.165, 1.54) is 16.9 Å². The average Bonchev–Trinajstić information content (AvgIpc) is 3.56. The molecule has 2 aromatic heterocycles. The third-order valence-corrected chi connectivity index (χ3v) is 10.1. The number of anilines is 1. The van der Waals surface area contributed by atoms with Crippen LogP contribution in [0.3, 0.4) is 0 Å². The predicted molar refractivity (Wildman–Crippen MR) is 147 cm³/mol. The van der Waals surface area contributed by atoms with E-state index < -0.39 is 5.97 Å². The van der Waals surface area contributed by atoms with Crippen molar-refractivity contribution in [2.45, 2.75) is 103 Å². The molecule has 2 heterocycles. The van der Waals surface area contributed by atoms with E-state index >= 15 is 0 Å². The van der Waals surface area contributed by atoms with Crippen molar-refractivity contribution in [3.05, 3.63) is 34.6 Å². The lowest BCUT2D eigenvalue weighted by Gasteiger charge is -2.39. The van der Waals surface area contributed by atoms with Crippen LogP contribution in [0.25, 0.3) is 5.57 Å². The van der Waals surface area contributed by atoms with Gasteiger partial charge in [0.1, 0.15) is 17.5 Å². The largest absolute Gasteiger partial charge is 0.477 e. The third-order valence-electron chi connectivity index (χ3n) is 8.90. The predicted octanol–water partition coefficient (Wildman–Crippen LogP) is 6.97. The first-order chi connectivity index (χ1) is 17.7. The first kappa shape index (κ1) is 26.1. The van der Waals surface area contributed by atoms with Gasteiger partial charge in [0.25, 0.3) is 0 Å². The molecule has 0 bridgehead atoms. The molecular weight excluding hydrogens is 484 g/mol. The first-order valence-electron chi connectivity index (χ1n) is 14.0. The molecule has 37 heavy (non-hydrogen) atoms. The average molecular weight is 525 g/mol. The number of aromatic nitrogens is 3. The highest BCUT2D eigenvalue weighted by Gasteiger charge is 2.38. The molecule has 0 saturated heterocycles. The summed E-state index contributed by atoms with van der Waals surface area (Å²) in [5, 5.41) is 14.6. The number of rotatable bonds is 6. The van der Waals surface area contributed by atoms with Gasteiger partial charge in [-0.3, -0.25) is 4.79 Å². The van der Waals surface area contributed by atoms with Crippen molar-refractivity contribution in [2.75, 3.05) is 4.90 Å². The van der Waals surface area contributed by atoms with Crippen LogP contribution in [0.15, 0.2) is 24.8 Å². The lowest BCUT2D eigenvalue weighted by molar-refractivity contribution is -0.124. The highest BCUT2D eigenvalue weighted by molar-refractivity contribution is 7.15. The van der Waals surface area contributed by atoms with Crippen LogP contribution in [0.1, 0.15) is 112 Å². The summed E-state index contributed by atoms with van der Waals surface area (Å²) in [6.07, 6.45) is 16.0. The topological polar surface area (TPSA) is 88.3 Å². The van der Waals surface area contributed by atoms with E-state index in [-0.39, 0.29) is 29.3 Å². The van der Waals surface area contributed by atoms with Gasteiger partial charge in [0.2, 0.25) is 5.91 Å². The van der Waals surface area contributed by atoms with Crippen molar-refractivity contribution in [3.8, 4) is 0 Å². The lowest BCUT2D eigenvalue weighted by atomic mass is 9.78. The Balaban J connectivity index is 1.46.